The largest absolute Gasteiger partial charge is 0.494 e. The third kappa shape index (κ3) is 5.49. The van der Waals surface area contributed by atoms with E-state index in [0.717, 1.165) is 10.8 Å². The molecule has 7 heteroatoms. The number of benzene rings is 1. The van der Waals surface area contributed by atoms with E-state index in [-0.39, 0.29) is 5.91 Å². The van der Waals surface area contributed by atoms with Gasteiger partial charge in [0.25, 0.3) is 0 Å². The van der Waals surface area contributed by atoms with Gasteiger partial charge in [0, 0.05) is 12.8 Å². The first-order chi connectivity index (χ1) is 10.3. The van der Waals surface area contributed by atoms with Gasteiger partial charge in [0.05, 0.1) is 6.61 Å². The quantitative estimate of drug-likeness (QED) is 0.726. The van der Waals surface area contributed by atoms with Crippen LogP contribution in [0.4, 0.5) is 5.13 Å². The Bertz CT molecular complexity index is 559. The molecule has 2 aromatic rings. The fourth-order valence-corrected chi connectivity index (χ4v) is 2.42. The van der Waals surface area contributed by atoms with E-state index in [2.05, 4.69) is 15.5 Å². The smallest absolute Gasteiger partial charge is 0.226 e. The zero-order chi connectivity index (χ0) is 14.9. The van der Waals surface area contributed by atoms with E-state index in [1.165, 1.54) is 11.3 Å². The highest BCUT2D eigenvalue weighted by Crippen LogP contribution is 2.15. The monoisotopic (exact) mass is 306 g/mol. The number of nitrogens with one attached hydrogen (secondary N) is 1. The van der Waals surface area contributed by atoms with E-state index < -0.39 is 0 Å². The van der Waals surface area contributed by atoms with Crippen LogP contribution >= 0.6 is 11.3 Å². The van der Waals surface area contributed by atoms with Crippen LogP contribution in [0.1, 0.15) is 17.8 Å². The lowest BCUT2D eigenvalue weighted by Gasteiger charge is -2.05. The fourth-order valence-electron chi connectivity index (χ4n) is 1.65. The number of carbonyl (C=O) groups excluding carboxylic acids is 1. The second-order valence-corrected chi connectivity index (χ2v) is 5.41. The van der Waals surface area contributed by atoms with Crippen LogP contribution < -0.4 is 15.8 Å². The van der Waals surface area contributed by atoms with Gasteiger partial charge in [-0.15, -0.1) is 10.2 Å². The minimum atomic E-state index is -0.0814. The maximum absolute atomic E-state index is 11.7. The first-order valence-electron chi connectivity index (χ1n) is 6.78. The number of nitrogens with two attached hydrogens (primary N) is 1. The van der Waals surface area contributed by atoms with Crippen molar-refractivity contribution in [3.63, 3.8) is 0 Å². The van der Waals surface area contributed by atoms with Crippen molar-refractivity contribution in [3.8, 4) is 5.75 Å². The highest BCUT2D eigenvalue weighted by atomic mass is 32.1. The van der Waals surface area contributed by atoms with Crippen molar-refractivity contribution < 1.29 is 9.53 Å². The van der Waals surface area contributed by atoms with Gasteiger partial charge in [0.2, 0.25) is 11.0 Å². The van der Waals surface area contributed by atoms with E-state index in [9.17, 15) is 4.79 Å². The summed E-state index contributed by atoms with van der Waals surface area (Å²) in [6.45, 7) is 1.03. The van der Waals surface area contributed by atoms with Crippen LogP contribution in [-0.2, 0) is 11.2 Å². The van der Waals surface area contributed by atoms with E-state index in [1.807, 2.05) is 30.3 Å². The summed E-state index contributed by atoms with van der Waals surface area (Å²) in [6, 6.07) is 9.54. The molecule has 0 atom stereocenters. The number of hydrogen-bond acceptors (Lipinski definition) is 6. The molecule has 0 saturated heterocycles. The van der Waals surface area contributed by atoms with Gasteiger partial charge >= 0.3 is 0 Å². The lowest BCUT2D eigenvalue weighted by atomic mass is 10.3. The van der Waals surface area contributed by atoms with Crippen molar-refractivity contribution in [1.82, 2.24) is 10.2 Å². The lowest BCUT2D eigenvalue weighted by Crippen LogP contribution is -2.12. The highest BCUT2D eigenvalue weighted by Gasteiger charge is 2.07. The molecule has 112 valence electrons. The second kappa shape index (κ2) is 8.33. The Hall–Kier alpha value is -1.99. The zero-order valence-corrected chi connectivity index (χ0v) is 12.4. The van der Waals surface area contributed by atoms with E-state index in [1.54, 1.807) is 0 Å². The molecule has 3 N–H and O–H groups in total. The molecule has 0 aliphatic carbocycles. The average Bonchev–Trinajstić information content (AvgIpc) is 2.92. The Labute approximate surface area is 127 Å². The molecule has 6 nitrogen and oxygen atoms in total. The Morgan fingerprint density at radius 1 is 1.29 bits per heavy atom. The Kier molecular flexibility index (Phi) is 6.11. The number of rotatable bonds is 8. The molecule has 1 amide bonds. The number of anilines is 1. The van der Waals surface area contributed by atoms with Crippen LogP contribution in [0.5, 0.6) is 5.75 Å². The maximum Gasteiger partial charge on any atom is 0.226 e. The summed E-state index contributed by atoms with van der Waals surface area (Å²) in [5.41, 5.74) is 5.44. The number of ether oxygens (including phenoxy) is 1. The molecule has 1 aromatic carbocycles. The van der Waals surface area contributed by atoms with Gasteiger partial charge in [-0.3, -0.25) is 4.79 Å². The molecule has 0 spiro atoms. The van der Waals surface area contributed by atoms with Crippen molar-refractivity contribution in [2.75, 3.05) is 18.5 Å². The predicted octanol–water partition coefficient (Wildman–Crippen LogP) is 1.84. The Balaban J connectivity index is 1.65. The summed E-state index contributed by atoms with van der Waals surface area (Å²) < 4.78 is 5.52. The molecule has 0 bridgehead atoms. The predicted molar refractivity (Wildman–Crippen MR) is 82.5 cm³/mol. The normalized spacial score (nSPS) is 10.3. The molecule has 0 saturated carbocycles. The number of aromatic nitrogens is 2. The maximum atomic E-state index is 11.7. The van der Waals surface area contributed by atoms with Crippen molar-refractivity contribution in [2.45, 2.75) is 19.3 Å². The topological polar surface area (TPSA) is 90.1 Å². The second-order valence-electron chi connectivity index (χ2n) is 4.35. The minimum absolute atomic E-state index is 0.0814. The molecule has 21 heavy (non-hydrogen) atoms. The third-order valence-electron chi connectivity index (χ3n) is 2.63. The Morgan fingerprint density at radius 2 is 2.10 bits per heavy atom. The summed E-state index contributed by atoms with van der Waals surface area (Å²) in [5.74, 6) is 0.732. The molecule has 0 radical (unpaired) electrons. The summed E-state index contributed by atoms with van der Waals surface area (Å²) in [7, 11) is 0. The molecular formula is C14H18N4O2S. The molecule has 1 heterocycles. The lowest BCUT2D eigenvalue weighted by molar-refractivity contribution is -0.116. The number of hydrogen-bond donors (Lipinski definition) is 2. The molecular weight excluding hydrogens is 288 g/mol. The standard InChI is InChI=1S/C14H18N4O2S/c15-9-8-13-17-18-14(21-13)16-12(19)7-4-10-20-11-5-2-1-3-6-11/h1-3,5-6H,4,7-10,15H2,(H,16,18,19). The summed E-state index contributed by atoms with van der Waals surface area (Å²) in [5, 5.41) is 11.9. The van der Waals surface area contributed by atoms with E-state index >= 15 is 0 Å². The summed E-state index contributed by atoms with van der Waals surface area (Å²) in [4.78, 5) is 11.7. The molecule has 0 aliphatic rings. The summed E-state index contributed by atoms with van der Waals surface area (Å²) >= 11 is 1.36. The van der Waals surface area contributed by atoms with Crippen molar-refractivity contribution in [2.24, 2.45) is 5.73 Å². The van der Waals surface area contributed by atoms with E-state index in [0.29, 0.717) is 37.5 Å². The van der Waals surface area contributed by atoms with Gasteiger partial charge < -0.3 is 15.8 Å². The third-order valence-corrected chi connectivity index (χ3v) is 3.53. The van der Waals surface area contributed by atoms with Crippen molar-refractivity contribution >= 4 is 22.4 Å². The molecule has 0 fully saturated rings. The van der Waals surface area contributed by atoms with Gasteiger partial charge in [0.1, 0.15) is 10.8 Å². The van der Waals surface area contributed by atoms with Crippen LogP contribution in [0.15, 0.2) is 30.3 Å². The molecule has 1 aromatic heterocycles. The SMILES string of the molecule is NCCc1nnc(NC(=O)CCCOc2ccccc2)s1. The van der Waals surface area contributed by atoms with Crippen LogP contribution in [0, 0.1) is 0 Å². The molecule has 2 rings (SSSR count). The molecule has 0 aliphatic heterocycles. The van der Waals surface area contributed by atoms with Crippen LogP contribution in [0.3, 0.4) is 0 Å². The number of carbonyl (C=O) groups is 1. The van der Waals surface area contributed by atoms with Gasteiger partial charge in [-0.2, -0.15) is 0 Å². The van der Waals surface area contributed by atoms with Crippen LogP contribution in [-0.4, -0.2) is 29.3 Å². The van der Waals surface area contributed by atoms with Crippen LogP contribution in [0.2, 0.25) is 0 Å². The number of nitrogens with zero attached hydrogens (tertiary/aromatic N) is 2. The highest BCUT2D eigenvalue weighted by molar-refractivity contribution is 7.15. The fraction of sp³-hybridized carbons (Fsp3) is 0.357. The summed E-state index contributed by atoms with van der Waals surface area (Å²) in [6.07, 6.45) is 1.71. The van der Waals surface area contributed by atoms with Gasteiger partial charge in [-0.05, 0) is 25.1 Å². The number of para-hydroxylation sites is 1. The van der Waals surface area contributed by atoms with Gasteiger partial charge in [0.15, 0.2) is 0 Å². The van der Waals surface area contributed by atoms with E-state index in [4.69, 9.17) is 10.5 Å². The number of amides is 1. The Morgan fingerprint density at radius 3 is 2.86 bits per heavy atom. The zero-order valence-electron chi connectivity index (χ0n) is 11.6. The first kappa shape index (κ1) is 15.4. The van der Waals surface area contributed by atoms with Crippen molar-refractivity contribution in [3.05, 3.63) is 35.3 Å². The van der Waals surface area contributed by atoms with Gasteiger partial charge in [-0.25, -0.2) is 0 Å². The molecule has 0 unspecified atom stereocenters. The van der Waals surface area contributed by atoms with Crippen LogP contribution in [0.25, 0.3) is 0 Å². The minimum Gasteiger partial charge on any atom is -0.494 e. The van der Waals surface area contributed by atoms with Crippen molar-refractivity contribution in [1.29, 1.82) is 0 Å². The van der Waals surface area contributed by atoms with Gasteiger partial charge in [-0.1, -0.05) is 29.5 Å². The average molecular weight is 306 g/mol. The first-order valence-corrected chi connectivity index (χ1v) is 7.59.